The molecule has 8 N–H and O–H groups in total. The molecule has 0 saturated carbocycles. The number of aliphatic hydroxyl groups excluding tert-OH is 1. The zero-order chi connectivity index (χ0) is 30.0. The molecule has 0 radical (unpaired) electrons. The number of nitrogens with zero attached hydrogens (tertiary/aromatic N) is 1. The SMILES string of the molecule is CC(N)C(=O)NC(C(=O)NC(Cc1ccccc1)C(=O)N1CCCC1C(=O)NC(CCC(=O)O)C(=O)O)C(C)O. The summed E-state index contributed by atoms with van der Waals surface area (Å²) in [5.74, 6) is -5.50. The summed E-state index contributed by atoms with van der Waals surface area (Å²) in [5.41, 5.74) is 6.25. The molecule has 0 aliphatic carbocycles. The first-order valence-corrected chi connectivity index (χ1v) is 13.0. The molecule has 0 spiro atoms. The normalized spacial score (nSPS) is 18.5. The largest absolute Gasteiger partial charge is 0.481 e. The highest BCUT2D eigenvalue weighted by Gasteiger charge is 2.40. The van der Waals surface area contributed by atoms with Gasteiger partial charge in [-0.15, -0.1) is 0 Å². The number of likely N-dealkylation sites (tertiary alicyclic amines) is 1. The number of hydrogen-bond acceptors (Lipinski definition) is 8. The number of carboxylic acid groups (broad SMARTS) is 2. The molecular formula is C26H37N5O9. The second kappa shape index (κ2) is 14.9. The predicted molar refractivity (Wildman–Crippen MR) is 141 cm³/mol. The van der Waals surface area contributed by atoms with Crippen LogP contribution in [0.5, 0.6) is 0 Å². The van der Waals surface area contributed by atoms with Crippen LogP contribution < -0.4 is 21.7 Å². The fourth-order valence-corrected chi connectivity index (χ4v) is 4.30. The topological polar surface area (TPSA) is 228 Å². The summed E-state index contributed by atoms with van der Waals surface area (Å²) in [6.45, 7) is 2.86. The summed E-state index contributed by atoms with van der Waals surface area (Å²) in [5, 5.41) is 35.7. The van der Waals surface area contributed by atoms with E-state index in [1.54, 1.807) is 30.3 Å². The van der Waals surface area contributed by atoms with Crippen molar-refractivity contribution in [1.29, 1.82) is 0 Å². The molecule has 1 aliphatic rings. The molecule has 4 amide bonds. The zero-order valence-electron chi connectivity index (χ0n) is 22.4. The first-order chi connectivity index (χ1) is 18.8. The van der Waals surface area contributed by atoms with Crippen molar-refractivity contribution >= 4 is 35.6 Å². The molecule has 14 heteroatoms. The third-order valence-corrected chi connectivity index (χ3v) is 6.47. The highest BCUT2D eigenvalue weighted by molar-refractivity contribution is 5.96. The van der Waals surface area contributed by atoms with Crippen LogP contribution in [0.3, 0.4) is 0 Å². The van der Waals surface area contributed by atoms with Crippen LogP contribution in [0.2, 0.25) is 0 Å². The van der Waals surface area contributed by atoms with Crippen LogP contribution in [0.25, 0.3) is 0 Å². The van der Waals surface area contributed by atoms with Crippen LogP contribution in [0, 0.1) is 0 Å². The average molecular weight is 564 g/mol. The first-order valence-electron chi connectivity index (χ1n) is 13.0. The molecule has 1 saturated heterocycles. The molecule has 1 aromatic rings. The Balaban J connectivity index is 2.27. The summed E-state index contributed by atoms with van der Waals surface area (Å²) in [6, 6.07) is 2.69. The van der Waals surface area contributed by atoms with Gasteiger partial charge in [-0.2, -0.15) is 0 Å². The Labute approximate surface area is 231 Å². The lowest BCUT2D eigenvalue weighted by atomic mass is 10.0. The van der Waals surface area contributed by atoms with Crippen molar-refractivity contribution in [2.45, 2.75) is 82.3 Å². The van der Waals surface area contributed by atoms with Crippen molar-refractivity contribution < 1.29 is 44.1 Å². The number of carbonyl (C=O) groups excluding carboxylic acids is 4. The van der Waals surface area contributed by atoms with Crippen LogP contribution in [-0.2, 0) is 35.2 Å². The fraction of sp³-hybridized carbons (Fsp3) is 0.538. The van der Waals surface area contributed by atoms with Gasteiger partial charge in [0.05, 0.1) is 12.1 Å². The van der Waals surface area contributed by atoms with Gasteiger partial charge in [-0.25, -0.2) is 4.79 Å². The molecule has 1 heterocycles. The van der Waals surface area contributed by atoms with Crippen LogP contribution >= 0.6 is 0 Å². The van der Waals surface area contributed by atoms with E-state index in [0.29, 0.717) is 12.0 Å². The van der Waals surface area contributed by atoms with Gasteiger partial charge in [0.25, 0.3) is 0 Å². The van der Waals surface area contributed by atoms with Gasteiger partial charge in [-0.3, -0.25) is 24.0 Å². The lowest BCUT2D eigenvalue weighted by Gasteiger charge is -2.31. The van der Waals surface area contributed by atoms with Gasteiger partial charge >= 0.3 is 11.9 Å². The molecule has 220 valence electrons. The van der Waals surface area contributed by atoms with Crippen LogP contribution in [-0.4, -0.2) is 98.6 Å². The van der Waals surface area contributed by atoms with Crippen molar-refractivity contribution in [3.8, 4) is 0 Å². The average Bonchev–Trinajstić information content (AvgIpc) is 3.38. The maximum Gasteiger partial charge on any atom is 0.326 e. The fourth-order valence-electron chi connectivity index (χ4n) is 4.30. The monoisotopic (exact) mass is 563 g/mol. The Morgan fingerprint density at radius 3 is 2.17 bits per heavy atom. The van der Waals surface area contributed by atoms with Crippen LogP contribution in [0.1, 0.15) is 45.1 Å². The molecule has 1 aromatic carbocycles. The summed E-state index contributed by atoms with van der Waals surface area (Å²) < 4.78 is 0. The number of carboxylic acids is 2. The Kier molecular flexibility index (Phi) is 12.0. The molecule has 0 aromatic heterocycles. The van der Waals surface area contributed by atoms with Crippen molar-refractivity contribution in [2.75, 3.05) is 6.54 Å². The Morgan fingerprint density at radius 1 is 0.975 bits per heavy atom. The van der Waals surface area contributed by atoms with E-state index in [4.69, 9.17) is 10.8 Å². The minimum absolute atomic E-state index is 0.0282. The van der Waals surface area contributed by atoms with Gasteiger partial charge < -0.3 is 41.9 Å². The standard InChI is InChI=1S/C26H37N5O9/c1-14(27)22(35)30-21(15(2)32)24(37)29-18(13-16-7-4-3-5-8-16)25(38)31-12-6-9-19(31)23(36)28-17(26(39)40)10-11-20(33)34/h3-5,7-8,14-15,17-19,21,32H,6,9-13,27H2,1-2H3,(H,28,36)(H,29,37)(H,30,35)(H,33,34)(H,39,40). The molecule has 1 aliphatic heterocycles. The number of hydrogen-bond donors (Lipinski definition) is 7. The van der Waals surface area contributed by atoms with Crippen LogP contribution in [0.4, 0.5) is 0 Å². The van der Waals surface area contributed by atoms with E-state index in [0.717, 1.165) is 0 Å². The van der Waals surface area contributed by atoms with Gasteiger partial charge in [0, 0.05) is 19.4 Å². The third-order valence-electron chi connectivity index (χ3n) is 6.47. The molecule has 6 unspecified atom stereocenters. The van der Waals surface area contributed by atoms with Gasteiger partial charge in [-0.05, 0) is 38.7 Å². The molecule has 6 atom stereocenters. The van der Waals surface area contributed by atoms with E-state index in [1.807, 2.05) is 0 Å². The number of rotatable bonds is 14. The maximum atomic E-state index is 13.7. The highest BCUT2D eigenvalue weighted by atomic mass is 16.4. The van der Waals surface area contributed by atoms with Crippen LogP contribution in [0.15, 0.2) is 30.3 Å². The number of aliphatic hydroxyl groups is 1. The second-order valence-corrected chi connectivity index (χ2v) is 9.79. The molecular weight excluding hydrogens is 526 g/mol. The summed E-state index contributed by atoms with van der Waals surface area (Å²) in [4.78, 5) is 75.6. The Hall–Kier alpha value is -4.04. The summed E-state index contributed by atoms with van der Waals surface area (Å²) in [7, 11) is 0. The number of nitrogens with two attached hydrogens (primary N) is 1. The highest BCUT2D eigenvalue weighted by Crippen LogP contribution is 2.20. The molecule has 2 rings (SSSR count). The second-order valence-electron chi connectivity index (χ2n) is 9.79. The van der Waals surface area contributed by atoms with Gasteiger partial charge in [0.2, 0.25) is 23.6 Å². The van der Waals surface area contributed by atoms with Crippen molar-refractivity contribution in [2.24, 2.45) is 5.73 Å². The van der Waals surface area contributed by atoms with Crippen molar-refractivity contribution in [3.05, 3.63) is 35.9 Å². The number of benzene rings is 1. The predicted octanol–water partition coefficient (Wildman–Crippen LogP) is -1.65. The number of nitrogens with one attached hydrogen (secondary N) is 3. The lowest BCUT2D eigenvalue weighted by molar-refractivity contribution is -0.145. The van der Waals surface area contributed by atoms with Crippen molar-refractivity contribution in [1.82, 2.24) is 20.9 Å². The smallest absolute Gasteiger partial charge is 0.326 e. The van der Waals surface area contributed by atoms with E-state index >= 15 is 0 Å². The van der Waals surface area contributed by atoms with E-state index in [1.165, 1.54) is 18.7 Å². The Morgan fingerprint density at radius 2 is 1.62 bits per heavy atom. The number of amides is 4. The van der Waals surface area contributed by atoms with Gasteiger partial charge in [0.15, 0.2) is 0 Å². The Bertz CT molecular complexity index is 1080. The minimum Gasteiger partial charge on any atom is -0.481 e. The van der Waals surface area contributed by atoms with E-state index in [9.17, 15) is 39.0 Å². The third kappa shape index (κ3) is 9.31. The number of aliphatic carboxylic acids is 2. The summed E-state index contributed by atoms with van der Waals surface area (Å²) >= 11 is 0. The van der Waals surface area contributed by atoms with E-state index < -0.39 is 78.3 Å². The zero-order valence-corrected chi connectivity index (χ0v) is 22.4. The van der Waals surface area contributed by atoms with Gasteiger partial charge in [0.1, 0.15) is 24.2 Å². The lowest BCUT2D eigenvalue weighted by Crippen LogP contribution is -2.60. The number of carbonyl (C=O) groups is 6. The van der Waals surface area contributed by atoms with Gasteiger partial charge in [-0.1, -0.05) is 30.3 Å². The molecule has 14 nitrogen and oxygen atoms in total. The molecule has 1 fully saturated rings. The quantitative estimate of drug-likeness (QED) is 0.136. The van der Waals surface area contributed by atoms with E-state index in [2.05, 4.69) is 16.0 Å². The molecule has 40 heavy (non-hydrogen) atoms. The first kappa shape index (κ1) is 32.2. The molecule has 0 bridgehead atoms. The van der Waals surface area contributed by atoms with Crippen molar-refractivity contribution in [3.63, 3.8) is 0 Å². The summed E-state index contributed by atoms with van der Waals surface area (Å²) in [6.07, 6.45) is -1.43. The minimum atomic E-state index is -1.46. The van der Waals surface area contributed by atoms with E-state index in [-0.39, 0.29) is 25.8 Å². The maximum absolute atomic E-state index is 13.7.